The van der Waals surface area contributed by atoms with Crippen LogP contribution in [-0.2, 0) is 16.1 Å². The number of amides is 2. The Bertz CT molecular complexity index is 650. The van der Waals surface area contributed by atoms with E-state index in [-0.39, 0.29) is 29.7 Å². The van der Waals surface area contributed by atoms with E-state index < -0.39 is 6.61 Å². The zero-order valence-corrected chi connectivity index (χ0v) is 17.7. The topological polar surface area (TPSA) is 59.1 Å². The number of alkyl halides is 2. The lowest BCUT2D eigenvalue weighted by atomic mass is 10.1. The lowest BCUT2D eigenvalue weighted by molar-refractivity contribution is -0.132. The van der Waals surface area contributed by atoms with Crippen molar-refractivity contribution in [2.24, 2.45) is 0 Å². The monoisotopic (exact) mass is 414 g/mol. The molecular weight excluding hydrogens is 382 g/mol. The summed E-state index contributed by atoms with van der Waals surface area (Å²) in [5.41, 5.74) is 0.729. The molecule has 0 saturated carbocycles. The molecule has 0 N–H and O–H groups in total. The Morgan fingerprint density at radius 2 is 1.66 bits per heavy atom. The second kappa shape index (κ2) is 13.0. The first-order valence-corrected chi connectivity index (χ1v) is 9.95. The summed E-state index contributed by atoms with van der Waals surface area (Å²) in [6.45, 7) is 2.93. The fourth-order valence-corrected chi connectivity index (χ4v) is 3.01. The minimum Gasteiger partial charge on any atom is -0.493 e. The number of methoxy groups -OCH3 is 1. The molecule has 0 radical (unpaired) electrons. The third-order valence-electron chi connectivity index (χ3n) is 4.41. The van der Waals surface area contributed by atoms with Gasteiger partial charge in [0.1, 0.15) is 0 Å². The lowest BCUT2D eigenvalue weighted by Crippen LogP contribution is -2.32. The molecule has 6 nitrogen and oxygen atoms in total. The smallest absolute Gasteiger partial charge is 0.387 e. The van der Waals surface area contributed by atoms with Gasteiger partial charge in [0.15, 0.2) is 11.5 Å². The highest BCUT2D eigenvalue weighted by molar-refractivity contribution is 5.79. The molecule has 0 bridgehead atoms. The van der Waals surface area contributed by atoms with E-state index in [0.29, 0.717) is 19.4 Å². The van der Waals surface area contributed by atoms with Crippen LogP contribution in [0.15, 0.2) is 18.2 Å². The minimum absolute atomic E-state index is 0.0533. The predicted octanol–water partition coefficient (Wildman–Crippen LogP) is 4.07. The Kier molecular flexibility index (Phi) is 11.0. The van der Waals surface area contributed by atoms with Gasteiger partial charge in [0, 0.05) is 39.5 Å². The zero-order valence-electron chi connectivity index (χ0n) is 17.7. The van der Waals surface area contributed by atoms with Crippen molar-refractivity contribution in [2.45, 2.75) is 59.1 Å². The average Bonchev–Trinajstić information content (AvgIpc) is 2.68. The van der Waals surface area contributed by atoms with Crippen LogP contribution in [0.3, 0.4) is 0 Å². The van der Waals surface area contributed by atoms with E-state index >= 15 is 0 Å². The number of hydrogen-bond donors (Lipinski definition) is 0. The van der Waals surface area contributed by atoms with Crippen LogP contribution < -0.4 is 9.47 Å². The van der Waals surface area contributed by atoms with E-state index in [1.165, 1.54) is 13.2 Å². The van der Waals surface area contributed by atoms with Crippen LogP contribution in [-0.4, -0.2) is 55.5 Å². The van der Waals surface area contributed by atoms with Crippen molar-refractivity contribution in [2.75, 3.05) is 27.2 Å². The van der Waals surface area contributed by atoms with Gasteiger partial charge in [0.2, 0.25) is 11.8 Å². The highest BCUT2D eigenvalue weighted by atomic mass is 19.3. The molecule has 0 aliphatic carbocycles. The van der Waals surface area contributed by atoms with E-state index in [1.54, 1.807) is 24.1 Å². The van der Waals surface area contributed by atoms with Gasteiger partial charge in [-0.25, -0.2) is 0 Å². The Balaban J connectivity index is 2.54. The molecular formula is C21H32F2N2O4. The van der Waals surface area contributed by atoms with Crippen molar-refractivity contribution >= 4 is 11.8 Å². The number of ether oxygens (including phenoxy) is 2. The number of benzene rings is 1. The summed E-state index contributed by atoms with van der Waals surface area (Å²) >= 11 is 0. The van der Waals surface area contributed by atoms with E-state index in [1.807, 2.05) is 18.7 Å². The highest BCUT2D eigenvalue weighted by Gasteiger charge is 2.16. The van der Waals surface area contributed by atoms with Gasteiger partial charge in [0.05, 0.1) is 7.11 Å². The largest absolute Gasteiger partial charge is 0.493 e. The molecule has 0 aliphatic rings. The quantitative estimate of drug-likeness (QED) is 0.488. The lowest BCUT2D eigenvalue weighted by Gasteiger charge is -2.22. The number of nitrogens with zero attached hydrogens (tertiary/aromatic N) is 2. The number of carbonyl (C=O) groups is 2. The number of carbonyl (C=O) groups excluding carboxylic acids is 2. The molecule has 0 fully saturated rings. The zero-order chi connectivity index (χ0) is 21.8. The molecule has 164 valence electrons. The molecule has 2 amide bonds. The summed E-state index contributed by atoms with van der Waals surface area (Å²) in [6.07, 6.45) is 2.96. The number of rotatable bonds is 13. The van der Waals surface area contributed by atoms with Crippen molar-refractivity contribution in [3.05, 3.63) is 23.8 Å². The summed E-state index contributed by atoms with van der Waals surface area (Å²) in [5.74, 6) is 0.134. The molecule has 0 aliphatic heterocycles. The summed E-state index contributed by atoms with van der Waals surface area (Å²) in [6, 6.07) is 4.58. The van der Waals surface area contributed by atoms with Crippen LogP contribution in [0, 0.1) is 0 Å². The molecule has 0 unspecified atom stereocenters. The van der Waals surface area contributed by atoms with E-state index in [2.05, 4.69) is 4.74 Å². The van der Waals surface area contributed by atoms with E-state index in [9.17, 15) is 18.4 Å². The fourth-order valence-electron chi connectivity index (χ4n) is 3.01. The maximum absolute atomic E-state index is 12.4. The predicted molar refractivity (Wildman–Crippen MR) is 107 cm³/mol. The van der Waals surface area contributed by atoms with Crippen molar-refractivity contribution < 1.29 is 27.8 Å². The van der Waals surface area contributed by atoms with Gasteiger partial charge >= 0.3 is 6.61 Å². The molecule has 0 aromatic heterocycles. The van der Waals surface area contributed by atoms with Crippen molar-refractivity contribution in [1.29, 1.82) is 0 Å². The molecule has 0 spiro atoms. The van der Waals surface area contributed by atoms with Crippen LogP contribution in [0.1, 0.15) is 51.5 Å². The molecule has 1 rings (SSSR count). The van der Waals surface area contributed by atoms with Crippen LogP contribution >= 0.6 is 0 Å². The van der Waals surface area contributed by atoms with Crippen LogP contribution in [0.4, 0.5) is 8.78 Å². The molecule has 1 aromatic carbocycles. The van der Waals surface area contributed by atoms with Gasteiger partial charge in [0.25, 0.3) is 0 Å². The third-order valence-corrected chi connectivity index (χ3v) is 4.41. The highest BCUT2D eigenvalue weighted by Crippen LogP contribution is 2.29. The summed E-state index contributed by atoms with van der Waals surface area (Å²) in [7, 11) is 3.03. The maximum Gasteiger partial charge on any atom is 0.387 e. The molecule has 8 heteroatoms. The first-order chi connectivity index (χ1) is 13.8. The van der Waals surface area contributed by atoms with Crippen molar-refractivity contribution in [3.63, 3.8) is 0 Å². The first-order valence-electron chi connectivity index (χ1n) is 9.95. The molecule has 0 heterocycles. The van der Waals surface area contributed by atoms with Crippen LogP contribution in [0.2, 0.25) is 0 Å². The van der Waals surface area contributed by atoms with Gasteiger partial charge in [-0.3, -0.25) is 9.59 Å². The Labute approximate surface area is 171 Å². The van der Waals surface area contributed by atoms with Crippen molar-refractivity contribution in [1.82, 2.24) is 9.80 Å². The first kappa shape index (κ1) is 24.7. The van der Waals surface area contributed by atoms with Gasteiger partial charge in [-0.05, 0) is 37.0 Å². The Morgan fingerprint density at radius 3 is 2.21 bits per heavy atom. The van der Waals surface area contributed by atoms with Crippen molar-refractivity contribution in [3.8, 4) is 11.5 Å². The summed E-state index contributed by atoms with van der Waals surface area (Å²) in [4.78, 5) is 28.0. The van der Waals surface area contributed by atoms with Gasteiger partial charge in [-0.15, -0.1) is 0 Å². The number of hydrogen-bond acceptors (Lipinski definition) is 4. The van der Waals surface area contributed by atoms with Crippen LogP contribution in [0.25, 0.3) is 0 Å². The Hall–Kier alpha value is -2.38. The average molecular weight is 414 g/mol. The van der Waals surface area contributed by atoms with E-state index in [0.717, 1.165) is 31.5 Å². The third kappa shape index (κ3) is 8.66. The standard InChI is InChI=1S/C21H32F2N2O4/c1-5-12-25(13-6-2)20(27)9-7-8-19(26)24(3)15-16-10-11-17(29-21(22)23)18(14-16)28-4/h10-11,14,21H,5-9,12-13,15H2,1-4H3. The molecule has 0 saturated heterocycles. The molecule has 0 atom stereocenters. The molecule has 29 heavy (non-hydrogen) atoms. The SMILES string of the molecule is CCCN(CCC)C(=O)CCCC(=O)N(C)Cc1ccc(OC(F)F)c(OC)c1. The van der Waals surface area contributed by atoms with Crippen LogP contribution in [0.5, 0.6) is 11.5 Å². The summed E-state index contributed by atoms with van der Waals surface area (Å²) < 4.78 is 34.3. The minimum atomic E-state index is -2.94. The van der Waals surface area contributed by atoms with Gasteiger partial charge in [-0.1, -0.05) is 19.9 Å². The normalized spacial score (nSPS) is 10.7. The number of halogens is 2. The van der Waals surface area contributed by atoms with E-state index in [4.69, 9.17) is 4.74 Å². The second-order valence-electron chi connectivity index (χ2n) is 6.85. The fraction of sp³-hybridized carbons (Fsp3) is 0.619. The van der Waals surface area contributed by atoms with Gasteiger partial charge in [-0.2, -0.15) is 8.78 Å². The second-order valence-corrected chi connectivity index (χ2v) is 6.85. The Morgan fingerprint density at radius 1 is 1.03 bits per heavy atom. The maximum atomic E-state index is 12.4. The summed E-state index contributed by atoms with van der Waals surface area (Å²) in [5, 5.41) is 0. The molecule has 1 aromatic rings. The van der Waals surface area contributed by atoms with Gasteiger partial charge < -0.3 is 19.3 Å².